The molecule has 0 aliphatic carbocycles. The molecule has 6 heteroatoms. The summed E-state index contributed by atoms with van der Waals surface area (Å²) < 4.78 is 7.94. The van der Waals surface area contributed by atoms with E-state index in [4.69, 9.17) is 16.3 Å². The standard InChI is InChI=1S/C21H24ClN3OS/c1-15-7-4-5-8-17(15)14-27-21-24-23-20(25(21)3)9-6-12-26-19-11-10-18(22)13-16(19)2/h4-5,7-8,10-11,13H,6,9,12,14H2,1-3H3. The third kappa shape index (κ3) is 5.27. The Morgan fingerprint density at radius 1 is 1.07 bits per heavy atom. The van der Waals surface area contributed by atoms with E-state index in [1.165, 1.54) is 11.1 Å². The Morgan fingerprint density at radius 3 is 2.67 bits per heavy atom. The van der Waals surface area contributed by atoms with Crippen LogP contribution in [-0.4, -0.2) is 21.4 Å². The van der Waals surface area contributed by atoms with Gasteiger partial charge in [-0.25, -0.2) is 0 Å². The van der Waals surface area contributed by atoms with Gasteiger partial charge < -0.3 is 9.30 Å². The van der Waals surface area contributed by atoms with Crippen LogP contribution in [0.1, 0.15) is 28.9 Å². The Kier molecular flexibility index (Phi) is 6.80. The third-order valence-electron chi connectivity index (χ3n) is 4.48. The van der Waals surface area contributed by atoms with Crippen LogP contribution in [-0.2, 0) is 19.2 Å². The second-order valence-electron chi connectivity index (χ2n) is 6.53. The number of aryl methyl sites for hydroxylation is 3. The van der Waals surface area contributed by atoms with Gasteiger partial charge >= 0.3 is 0 Å². The van der Waals surface area contributed by atoms with Crippen LogP contribution >= 0.6 is 23.4 Å². The highest BCUT2D eigenvalue weighted by molar-refractivity contribution is 7.98. The molecule has 27 heavy (non-hydrogen) atoms. The van der Waals surface area contributed by atoms with Crippen LogP contribution in [0.3, 0.4) is 0 Å². The van der Waals surface area contributed by atoms with Gasteiger partial charge in [-0.2, -0.15) is 0 Å². The highest BCUT2D eigenvalue weighted by Crippen LogP contribution is 2.24. The lowest BCUT2D eigenvalue weighted by atomic mass is 10.1. The molecule has 0 atom stereocenters. The molecule has 0 saturated heterocycles. The van der Waals surface area contributed by atoms with Crippen molar-refractivity contribution in [1.29, 1.82) is 0 Å². The first-order valence-electron chi connectivity index (χ1n) is 8.99. The minimum Gasteiger partial charge on any atom is -0.493 e. The van der Waals surface area contributed by atoms with Crippen molar-refractivity contribution in [3.05, 3.63) is 70.0 Å². The molecule has 1 heterocycles. The number of thioether (sulfide) groups is 1. The molecule has 3 rings (SSSR count). The summed E-state index contributed by atoms with van der Waals surface area (Å²) in [5, 5.41) is 10.4. The van der Waals surface area contributed by atoms with Gasteiger partial charge in [0.15, 0.2) is 5.16 Å². The fraction of sp³-hybridized carbons (Fsp3) is 0.333. The van der Waals surface area contributed by atoms with E-state index < -0.39 is 0 Å². The number of ether oxygens (including phenoxy) is 1. The summed E-state index contributed by atoms with van der Waals surface area (Å²) in [6.45, 7) is 4.78. The Labute approximate surface area is 169 Å². The van der Waals surface area contributed by atoms with Gasteiger partial charge in [-0.15, -0.1) is 10.2 Å². The molecular formula is C21H24ClN3OS. The molecule has 0 spiro atoms. The van der Waals surface area contributed by atoms with Gasteiger partial charge in [-0.05, 0) is 55.2 Å². The minimum absolute atomic E-state index is 0.640. The number of hydrogen-bond donors (Lipinski definition) is 0. The fourth-order valence-corrected chi connectivity index (χ4v) is 4.02. The minimum atomic E-state index is 0.640. The third-order valence-corrected chi connectivity index (χ3v) is 5.79. The molecule has 0 radical (unpaired) electrons. The van der Waals surface area contributed by atoms with Gasteiger partial charge in [-0.1, -0.05) is 47.6 Å². The summed E-state index contributed by atoms with van der Waals surface area (Å²) in [5.41, 5.74) is 3.69. The molecule has 0 aliphatic rings. The van der Waals surface area contributed by atoms with E-state index in [9.17, 15) is 0 Å². The Balaban J connectivity index is 1.49. The lowest BCUT2D eigenvalue weighted by Gasteiger charge is -2.09. The van der Waals surface area contributed by atoms with Crippen molar-refractivity contribution >= 4 is 23.4 Å². The zero-order valence-electron chi connectivity index (χ0n) is 15.9. The van der Waals surface area contributed by atoms with Crippen LogP contribution in [0.5, 0.6) is 5.75 Å². The van der Waals surface area contributed by atoms with Crippen LogP contribution in [0.4, 0.5) is 0 Å². The number of benzene rings is 2. The van der Waals surface area contributed by atoms with Crippen molar-refractivity contribution in [2.24, 2.45) is 7.05 Å². The molecule has 0 unspecified atom stereocenters. The fourth-order valence-electron chi connectivity index (χ4n) is 2.79. The number of rotatable bonds is 8. The number of nitrogens with zero attached hydrogens (tertiary/aromatic N) is 3. The highest BCUT2D eigenvalue weighted by Gasteiger charge is 2.10. The largest absolute Gasteiger partial charge is 0.493 e. The maximum Gasteiger partial charge on any atom is 0.191 e. The Hall–Kier alpha value is -1.98. The van der Waals surface area contributed by atoms with Crippen molar-refractivity contribution in [3.63, 3.8) is 0 Å². The molecule has 1 aromatic heterocycles. The number of hydrogen-bond acceptors (Lipinski definition) is 4. The lowest BCUT2D eigenvalue weighted by molar-refractivity contribution is 0.307. The summed E-state index contributed by atoms with van der Waals surface area (Å²) in [4.78, 5) is 0. The second-order valence-corrected chi connectivity index (χ2v) is 7.91. The molecule has 4 nitrogen and oxygen atoms in total. The monoisotopic (exact) mass is 401 g/mol. The first kappa shape index (κ1) is 19.8. The number of aromatic nitrogens is 3. The molecular weight excluding hydrogens is 378 g/mol. The van der Waals surface area contributed by atoms with Crippen molar-refractivity contribution in [1.82, 2.24) is 14.8 Å². The molecule has 0 amide bonds. The van der Waals surface area contributed by atoms with Crippen molar-refractivity contribution < 1.29 is 4.74 Å². The molecule has 0 aliphatic heterocycles. The summed E-state index contributed by atoms with van der Waals surface area (Å²) in [6, 6.07) is 14.1. The molecule has 142 valence electrons. The SMILES string of the molecule is Cc1ccccc1CSc1nnc(CCCOc2ccc(Cl)cc2C)n1C. The van der Waals surface area contributed by atoms with Gasteiger partial charge in [-0.3, -0.25) is 0 Å². The summed E-state index contributed by atoms with van der Waals surface area (Å²) in [6.07, 6.45) is 1.72. The molecule has 3 aromatic rings. The molecule has 0 N–H and O–H groups in total. The summed E-state index contributed by atoms with van der Waals surface area (Å²) >= 11 is 7.70. The molecule has 0 fully saturated rings. The van der Waals surface area contributed by atoms with E-state index in [1.807, 2.05) is 32.2 Å². The molecule has 2 aromatic carbocycles. The first-order chi connectivity index (χ1) is 13.0. The average molecular weight is 402 g/mol. The lowest BCUT2D eigenvalue weighted by Crippen LogP contribution is -2.04. The van der Waals surface area contributed by atoms with E-state index in [0.717, 1.165) is 45.9 Å². The van der Waals surface area contributed by atoms with Crippen LogP contribution in [0, 0.1) is 13.8 Å². The normalized spacial score (nSPS) is 11.0. The predicted octanol–water partition coefficient (Wildman–Crippen LogP) is 5.39. The van der Waals surface area contributed by atoms with E-state index in [-0.39, 0.29) is 0 Å². The Bertz CT molecular complexity index is 910. The van der Waals surface area contributed by atoms with Crippen LogP contribution in [0.25, 0.3) is 0 Å². The van der Waals surface area contributed by atoms with E-state index >= 15 is 0 Å². The smallest absolute Gasteiger partial charge is 0.191 e. The zero-order chi connectivity index (χ0) is 19.2. The van der Waals surface area contributed by atoms with E-state index in [1.54, 1.807) is 11.8 Å². The molecule has 0 bridgehead atoms. The van der Waals surface area contributed by atoms with Gasteiger partial charge in [0.25, 0.3) is 0 Å². The zero-order valence-corrected chi connectivity index (χ0v) is 17.5. The topological polar surface area (TPSA) is 39.9 Å². The highest BCUT2D eigenvalue weighted by atomic mass is 35.5. The van der Waals surface area contributed by atoms with Crippen LogP contribution < -0.4 is 4.74 Å². The van der Waals surface area contributed by atoms with Crippen molar-refractivity contribution in [2.75, 3.05) is 6.61 Å². The van der Waals surface area contributed by atoms with Gasteiger partial charge in [0.1, 0.15) is 11.6 Å². The maximum absolute atomic E-state index is 5.98. The number of halogens is 1. The van der Waals surface area contributed by atoms with Crippen LogP contribution in [0.15, 0.2) is 47.6 Å². The van der Waals surface area contributed by atoms with E-state index in [0.29, 0.717) is 6.61 Å². The first-order valence-corrected chi connectivity index (χ1v) is 10.4. The maximum atomic E-state index is 5.98. The Morgan fingerprint density at radius 2 is 1.89 bits per heavy atom. The van der Waals surface area contributed by atoms with Gasteiger partial charge in [0, 0.05) is 24.2 Å². The second kappa shape index (κ2) is 9.29. The van der Waals surface area contributed by atoms with Crippen LogP contribution in [0.2, 0.25) is 5.02 Å². The summed E-state index contributed by atoms with van der Waals surface area (Å²) in [7, 11) is 2.03. The van der Waals surface area contributed by atoms with Gasteiger partial charge in [0.05, 0.1) is 6.61 Å². The summed E-state index contributed by atoms with van der Waals surface area (Å²) in [5.74, 6) is 2.77. The van der Waals surface area contributed by atoms with Crippen molar-refractivity contribution in [2.45, 2.75) is 37.6 Å². The quantitative estimate of drug-likeness (QED) is 0.374. The van der Waals surface area contributed by atoms with Gasteiger partial charge in [0.2, 0.25) is 0 Å². The molecule has 0 saturated carbocycles. The predicted molar refractivity (Wildman–Crippen MR) is 112 cm³/mol. The van der Waals surface area contributed by atoms with E-state index in [2.05, 4.69) is 46.0 Å². The average Bonchev–Trinajstić information content (AvgIpc) is 2.99. The van der Waals surface area contributed by atoms with Crippen molar-refractivity contribution in [3.8, 4) is 5.75 Å².